The van der Waals surface area contributed by atoms with Crippen LogP contribution in [0.2, 0.25) is 0 Å². The van der Waals surface area contributed by atoms with Crippen molar-refractivity contribution in [3.63, 3.8) is 0 Å². The van der Waals surface area contributed by atoms with Crippen LogP contribution in [0.25, 0.3) is 0 Å². The van der Waals surface area contributed by atoms with E-state index in [2.05, 4.69) is 27.8 Å². The van der Waals surface area contributed by atoms with Crippen molar-refractivity contribution in [3.05, 3.63) is 59.2 Å². The van der Waals surface area contributed by atoms with Crippen molar-refractivity contribution in [2.75, 3.05) is 10.6 Å². The van der Waals surface area contributed by atoms with Gasteiger partial charge in [-0.15, -0.1) is 0 Å². The number of hydrogen-bond acceptors (Lipinski definition) is 5. The third-order valence-electron chi connectivity index (χ3n) is 5.08. The van der Waals surface area contributed by atoms with E-state index in [1.54, 1.807) is 23.0 Å². The summed E-state index contributed by atoms with van der Waals surface area (Å²) in [5.74, 6) is 0.464. The van der Waals surface area contributed by atoms with Crippen LogP contribution in [0.3, 0.4) is 0 Å². The van der Waals surface area contributed by atoms with Gasteiger partial charge in [-0.2, -0.15) is 5.10 Å². The first-order valence-corrected chi connectivity index (χ1v) is 9.77. The standard InChI is InChI=1S/C21H23N5O3/c1-3-26-12-16(19(24-26)21(28)22-14-7-5-4-6-8-14)23-20(27)18-15-11-13(2)9-10-17(15)29-25-18/h4-8,12-13H,3,9-11H2,1-2H3,(H,22,28)(H,23,27). The first-order valence-electron chi connectivity index (χ1n) is 9.77. The van der Waals surface area contributed by atoms with Crippen LogP contribution >= 0.6 is 0 Å². The summed E-state index contributed by atoms with van der Waals surface area (Å²) in [4.78, 5) is 25.6. The van der Waals surface area contributed by atoms with Crippen LogP contribution in [-0.4, -0.2) is 26.8 Å². The molecule has 2 N–H and O–H groups in total. The molecule has 0 bridgehead atoms. The Hall–Kier alpha value is -3.42. The minimum absolute atomic E-state index is 0.148. The quantitative estimate of drug-likeness (QED) is 0.690. The lowest BCUT2D eigenvalue weighted by Gasteiger charge is -2.16. The van der Waals surface area contributed by atoms with Crippen molar-refractivity contribution in [2.45, 2.75) is 39.7 Å². The molecule has 4 rings (SSSR count). The molecule has 2 amide bonds. The second kappa shape index (κ2) is 7.90. The van der Waals surface area contributed by atoms with Crippen LogP contribution in [-0.2, 0) is 19.4 Å². The zero-order chi connectivity index (χ0) is 20.4. The topological polar surface area (TPSA) is 102 Å². The van der Waals surface area contributed by atoms with Gasteiger partial charge in [-0.05, 0) is 37.8 Å². The summed E-state index contributed by atoms with van der Waals surface area (Å²) in [5.41, 5.74) is 2.28. The van der Waals surface area contributed by atoms with Gasteiger partial charge in [0.05, 0.1) is 5.69 Å². The van der Waals surface area contributed by atoms with Gasteiger partial charge in [-0.1, -0.05) is 30.3 Å². The predicted octanol–water partition coefficient (Wildman–Crippen LogP) is 3.52. The molecule has 1 aliphatic carbocycles. The summed E-state index contributed by atoms with van der Waals surface area (Å²) in [6.07, 6.45) is 4.22. The molecule has 1 aromatic carbocycles. The third-order valence-corrected chi connectivity index (χ3v) is 5.08. The molecule has 0 radical (unpaired) electrons. The van der Waals surface area contributed by atoms with Gasteiger partial charge in [0.2, 0.25) is 0 Å². The highest BCUT2D eigenvalue weighted by Gasteiger charge is 2.28. The van der Waals surface area contributed by atoms with E-state index in [9.17, 15) is 9.59 Å². The highest BCUT2D eigenvalue weighted by molar-refractivity contribution is 6.11. The fourth-order valence-electron chi connectivity index (χ4n) is 3.49. The number of carbonyl (C=O) groups excluding carboxylic acids is 2. The molecule has 3 aromatic rings. The van der Waals surface area contributed by atoms with Gasteiger partial charge >= 0.3 is 0 Å². The minimum Gasteiger partial charge on any atom is -0.360 e. The highest BCUT2D eigenvalue weighted by atomic mass is 16.5. The summed E-state index contributed by atoms with van der Waals surface area (Å²) in [7, 11) is 0. The molecule has 1 aliphatic rings. The van der Waals surface area contributed by atoms with E-state index in [-0.39, 0.29) is 11.4 Å². The van der Waals surface area contributed by atoms with Crippen LogP contribution in [0.4, 0.5) is 11.4 Å². The molecular weight excluding hydrogens is 370 g/mol. The number of amides is 2. The second-order valence-electron chi connectivity index (χ2n) is 7.30. The summed E-state index contributed by atoms with van der Waals surface area (Å²) >= 11 is 0. The Morgan fingerprint density at radius 2 is 1.93 bits per heavy atom. The lowest BCUT2D eigenvalue weighted by molar-refractivity contribution is 0.101. The van der Waals surface area contributed by atoms with Gasteiger partial charge in [0.25, 0.3) is 11.8 Å². The Kier molecular flexibility index (Phi) is 5.16. The smallest absolute Gasteiger partial charge is 0.278 e. The van der Waals surface area contributed by atoms with Crippen molar-refractivity contribution >= 4 is 23.2 Å². The number of nitrogens with zero attached hydrogens (tertiary/aromatic N) is 3. The van der Waals surface area contributed by atoms with E-state index in [0.29, 0.717) is 23.8 Å². The summed E-state index contributed by atoms with van der Waals surface area (Å²) in [5, 5.41) is 13.9. The number of rotatable bonds is 5. The molecule has 29 heavy (non-hydrogen) atoms. The van der Waals surface area contributed by atoms with Gasteiger partial charge in [0, 0.05) is 30.4 Å². The fourth-order valence-corrected chi connectivity index (χ4v) is 3.49. The van der Waals surface area contributed by atoms with E-state index in [0.717, 1.165) is 30.6 Å². The number of para-hydroxylation sites is 1. The summed E-state index contributed by atoms with van der Waals surface area (Å²) in [6, 6.07) is 9.10. The molecule has 0 saturated heterocycles. The molecular formula is C21H23N5O3. The van der Waals surface area contributed by atoms with Crippen LogP contribution in [0, 0.1) is 5.92 Å². The molecule has 150 valence electrons. The molecule has 1 unspecified atom stereocenters. The molecule has 1 atom stereocenters. The van der Waals surface area contributed by atoms with Crippen molar-refractivity contribution in [3.8, 4) is 0 Å². The molecule has 8 heteroatoms. The second-order valence-corrected chi connectivity index (χ2v) is 7.30. The fraction of sp³-hybridized carbons (Fsp3) is 0.333. The highest BCUT2D eigenvalue weighted by Crippen LogP contribution is 2.28. The van der Waals surface area contributed by atoms with Crippen molar-refractivity contribution in [1.29, 1.82) is 0 Å². The largest absolute Gasteiger partial charge is 0.360 e. The average molecular weight is 393 g/mol. The number of hydrogen-bond donors (Lipinski definition) is 2. The Morgan fingerprint density at radius 3 is 2.69 bits per heavy atom. The molecule has 0 fully saturated rings. The first kappa shape index (κ1) is 18.9. The monoisotopic (exact) mass is 393 g/mol. The summed E-state index contributed by atoms with van der Waals surface area (Å²) in [6.45, 7) is 4.63. The Balaban J connectivity index is 1.57. The lowest BCUT2D eigenvalue weighted by atomic mass is 9.88. The van der Waals surface area contributed by atoms with Crippen LogP contribution in [0.1, 0.15) is 52.6 Å². The van der Waals surface area contributed by atoms with Gasteiger partial charge in [-0.25, -0.2) is 0 Å². The van der Waals surface area contributed by atoms with E-state index in [1.165, 1.54) is 0 Å². The first-order chi connectivity index (χ1) is 14.0. The Labute approximate surface area is 168 Å². The van der Waals surface area contributed by atoms with Gasteiger partial charge < -0.3 is 15.2 Å². The molecule has 0 spiro atoms. The number of anilines is 2. The molecule has 0 aliphatic heterocycles. The minimum atomic E-state index is -0.395. The lowest BCUT2D eigenvalue weighted by Crippen LogP contribution is -2.20. The number of nitrogens with one attached hydrogen (secondary N) is 2. The maximum atomic E-state index is 12.9. The van der Waals surface area contributed by atoms with E-state index in [4.69, 9.17) is 4.52 Å². The number of aromatic nitrogens is 3. The average Bonchev–Trinajstić information content (AvgIpc) is 3.32. The van der Waals surface area contributed by atoms with Crippen molar-refractivity contribution < 1.29 is 14.1 Å². The molecule has 2 aromatic heterocycles. The van der Waals surface area contributed by atoms with Crippen LogP contribution < -0.4 is 10.6 Å². The van der Waals surface area contributed by atoms with Crippen LogP contribution in [0.15, 0.2) is 41.1 Å². The van der Waals surface area contributed by atoms with Crippen LogP contribution in [0.5, 0.6) is 0 Å². The van der Waals surface area contributed by atoms with Crippen molar-refractivity contribution in [2.24, 2.45) is 5.92 Å². The van der Waals surface area contributed by atoms with E-state index >= 15 is 0 Å². The molecule has 2 heterocycles. The van der Waals surface area contributed by atoms with Crippen molar-refractivity contribution in [1.82, 2.24) is 14.9 Å². The predicted molar refractivity (Wildman–Crippen MR) is 108 cm³/mol. The molecule has 0 saturated carbocycles. The zero-order valence-electron chi connectivity index (χ0n) is 16.4. The number of carbonyl (C=O) groups is 2. The maximum absolute atomic E-state index is 12.9. The molecule has 8 nitrogen and oxygen atoms in total. The zero-order valence-corrected chi connectivity index (χ0v) is 16.4. The van der Waals surface area contributed by atoms with Gasteiger partial charge in [-0.3, -0.25) is 14.3 Å². The number of aryl methyl sites for hydroxylation is 2. The Bertz CT molecular complexity index is 1040. The van der Waals surface area contributed by atoms with E-state index < -0.39 is 11.8 Å². The SMILES string of the molecule is CCn1cc(NC(=O)c2noc3c2CC(C)CC3)c(C(=O)Nc2ccccc2)n1. The number of fused-ring (bicyclic) bond motifs is 1. The van der Waals surface area contributed by atoms with Gasteiger partial charge in [0.15, 0.2) is 11.4 Å². The number of benzene rings is 1. The Morgan fingerprint density at radius 1 is 1.17 bits per heavy atom. The third kappa shape index (κ3) is 3.91. The maximum Gasteiger partial charge on any atom is 0.278 e. The summed E-state index contributed by atoms with van der Waals surface area (Å²) < 4.78 is 6.97. The van der Waals surface area contributed by atoms with E-state index in [1.807, 2.05) is 25.1 Å². The normalized spacial score (nSPS) is 15.6. The van der Waals surface area contributed by atoms with Gasteiger partial charge in [0.1, 0.15) is 5.76 Å².